The fourth-order valence-electron chi connectivity index (χ4n) is 1.21. The molecule has 3 nitrogen and oxygen atoms in total. The van der Waals surface area contributed by atoms with Crippen LogP contribution in [0.2, 0.25) is 0 Å². The summed E-state index contributed by atoms with van der Waals surface area (Å²) in [5.41, 5.74) is 5.15. The Hall–Kier alpha value is -1.43. The Labute approximate surface area is 88.9 Å². The van der Waals surface area contributed by atoms with Gasteiger partial charge in [-0.1, -0.05) is 0 Å². The summed E-state index contributed by atoms with van der Waals surface area (Å²) in [7, 11) is 0. The minimum atomic E-state index is -4.35. The van der Waals surface area contributed by atoms with Gasteiger partial charge in [0.25, 0.3) is 0 Å². The van der Waals surface area contributed by atoms with Crippen LogP contribution in [-0.2, 0) is 6.18 Å². The first-order valence-corrected chi connectivity index (χ1v) is 3.79. The second kappa shape index (κ2) is 3.62. The van der Waals surface area contributed by atoms with E-state index in [-0.39, 0.29) is 18.2 Å². The number of nitrogen functional groups attached to an aromatic ring is 1. The van der Waals surface area contributed by atoms with Crippen molar-refractivity contribution >= 4 is 29.1 Å². The molecule has 3 N–H and O–H groups in total. The van der Waals surface area contributed by atoms with Crippen LogP contribution in [0.15, 0.2) is 18.2 Å². The van der Waals surface area contributed by atoms with Crippen molar-refractivity contribution in [3.8, 4) is 0 Å². The number of hydrogen-bond acceptors (Lipinski definition) is 2. The van der Waals surface area contributed by atoms with Crippen LogP contribution in [0.3, 0.4) is 0 Å². The molecule has 0 spiro atoms. The van der Waals surface area contributed by atoms with Crippen molar-refractivity contribution in [1.29, 1.82) is 0 Å². The molecule has 0 saturated carbocycles. The molecule has 82 valence electrons. The monoisotopic (exact) mass is 237 g/mol. The van der Waals surface area contributed by atoms with Crippen LogP contribution in [0.1, 0.15) is 5.56 Å². The normalized spacial score (nSPS) is 11.4. The fourth-order valence-corrected chi connectivity index (χ4v) is 1.21. The summed E-state index contributed by atoms with van der Waals surface area (Å²) >= 11 is 0. The van der Waals surface area contributed by atoms with Crippen LogP contribution >= 0.6 is 12.4 Å². The Bertz CT molecular complexity index is 477. The lowest BCUT2D eigenvalue weighted by atomic mass is 10.1. The van der Waals surface area contributed by atoms with Gasteiger partial charge in [-0.2, -0.15) is 18.3 Å². The molecular formula is C8H7ClF3N3. The van der Waals surface area contributed by atoms with E-state index >= 15 is 0 Å². The van der Waals surface area contributed by atoms with Crippen molar-refractivity contribution in [2.24, 2.45) is 0 Å². The summed E-state index contributed by atoms with van der Waals surface area (Å²) < 4.78 is 36.8. The molecule has 0 saturated heterocycles. The third kappa shape index (κ3) is 1.99. The molecule has 1 heterocycles. The predicted octanol–water partition coefficient (Wildman–Crippen LogP) is 2.59. The smallest absolute Gasteiger partial charge is 0.382 e. The number of alkyl halides is 3. The average Bonchev–Trinajstić information content (AvgIpc) is 2.46. The van der Waals surface area contributed by atoms with E-state index in [0.717, 1.165) is 12.1 Å². The summed E-state index contributed by atoms with van der Waals surface area (Å²) in [6.07, 6.45) is -4.35. The Morgan fingerprint density at radius 1 is 1.27 bits per heavy atom. The van der Waals surface area contributed by atoms with Crippen LogP contribution in [0.25, 0.3) is 10.9 Å². The number of halogens is 4. The highest BCUT2D eigenvalue weighted by atomic mass is 35.5. The van der Waals surface area contributed by atoms with Crippen molar-refractivity contribution < 1.29 is 13.2 Å². The highest BCUT2D eigenvalue weighted by Crippen LogP contribution is 2.32. The van der Waals surface area contributed by atoms with E-state index in [1.807, 2.05) is 0 Å². The van der Waals surface area contributed by atoms with Gasteiger partial charge in [-0.15, -0.1) is 12.4 Å². The van der Waals surface area contributed by atoms with Crippen LogP contribution in [0.5, 0.6) is 0 Å². The minimum Gasteiger partial charge on any atom is -0.382 e. The molecule has 0 aliphatic rings. The van der Waals surface area contributed by atoms with Gasteiger partial charge in [-0.05, 0) is 18.2 Å². The molecule has 1 aromatic carbocycles. The summed E-state index contributed by atoms with van der Waals surface area (Å²) in [5, 5.41) is 6.42. The topological polar surface area (TPSA) is 54.7 Å². The second-order valence-electron chi connectivity index (χ2n) is 2.87. The molecule has 0 aliphatic heterocycles. The molecule has 0 bridgehead atoms. The van der Waals surface area contributed by atoms with Crippen molar-refractivity contribution in [3.05, 3.63) is 23.8 Å². The first-order valence-electron chi connectivity index (χ1n) is 3.79. The summed E-state index contributed by atoms with van der Waals surface area (Å²) in [6.45, 7) is 0. The standard InChI is InChI=1S/C8H6F3N3.ClH/c9-8(10,11)4-1-2-6-5(3-4)7(12)14-13-6;/h1-3H,(H3,12,13,14);1H. The molecule has 0 radical (unpaired) electrons. The second-order valence-corrected chi connectivity index (χ2v) is 2.87. The molecule has 2 aromatic rings. The first-order chi connectivity index (χ1) is 6.48. The van der Waals surface area contributed by atoms with E-state index in [0.29, 0.717) is 10.9 Å². The maximum atomic E-state index is 12.3. The lowest BCUT2D eigenvalue weighted by molar-refractivity contribution is -0.137. The summed E-state index contributed by atoms with van der Waals surface area (Å²) in [6, 6.07) is 3.27. The highest BCUT2D eigenvalue weighted by molar-refractivity contribution is 5.89. The first kappa shape index (κ1) is 11.6. The van der Waals surface area contributed by atoms with E-state index in [9.17, 15) is 13.2 Å². The maximum Gasteiger partial charge on any atom is 0.416 e. The van der Waals surface area contributed by atoms with Crippen LogP contribution in [0, 0.1) is 0 Å². The van der Waals surface area contributed by atoms with Crippen molar-refractivity contribution in [2.75, 3.05) is 5.73 Å². The zero-order chi connectivity index (χ0) is 10.3. The molecule has 1 aromatic heterocycles. The number of hydrogen-bond donors (Lipinski definition) is 2. The van der Waals surface area contributed by atoms with Crippen LogP contribution in [-0.4, -0.2) is 10.2 Å². The third-order valence-corrected chi connectivity index (χ3v) is 1.92. The average molecular weight is 238 g/mol. The number of nitrogens with zero attached hydrogens (tertiary/aromatic N) is 1. The largest absolute Gasteiger partial charge is 0.416 e. The lowest BCUT2D eigenvalue weighted by Gasteiger charge is -2.05. The Morgan fingerprint density at radius 2 is 1.93 bits per heavy atom. The lowest BCUT2D eigenvalue weighted by Crippen LogP contribution is -2.04. The van der Waals surface area contributed by atoms with E-state index < -0.39 is 11.7 Å². The minimum absolute atomic E-state index is 0. The van der Waals surface area contributed by atoms with Gasteiger partial charge in [0.1, 0.15) is 0 Å². The highest BCUT2D eigenvalue weighted by Gasteiger charge is 2.30. The Morgan fingerprint density at radius 3 is 2.53 bits per heavy atom. The van der Waals surface area contributed by atoms with Gasteiger partial charge in [0, 0.05) is 5.39 Å². The van der Waals surface area contributed by atoms with Gasteiger partial charge in [-0.25, -0.2) is 0 Å². The molecule has 0 unspecified atom stereocenters. The number of benzene rings is 1. The van der Waals surface area contributed by atoms with E-state index in [2.05, 4.69) is 10.2 Å². The third-order valence-electron chi connectivity index (χ3n) is 1.92. The van der Waals surface area contributed by atoms with Crippen molar-refractivity contribution in [3.63, 3.8) is 0 Å². The van der Waals surface area contributed by atoms with Crippen LogP contribution < -0.4 is 5.73 Å². The van der Waals surface area contributed by atoms with E-state index in [1.54, 1.807) is 0 Å². The maximum absolute atomic E-state index is 12.3. The van der Waals surface area contributed by atoms with Gasteiger partial charge < -0.3 is 5.73 Å². The molecule has 0 atom stereocenters. The Kier molecular flexibility index (Phi) is 2.81. The summed E-state index contributed by atoms with van der Waals surface area (Å²) in [4.78, 5) is 0. The number of anilines is 1. The molecule has 0 amide bonds. The molecule has 2 rings (SSSR count). The van der Waals surface area contributed by atoms with E-state index in [1.165, 1.54) is 6.07 Å². The van der Waals surface area contributed by atoms with Gasteiger partial charge in [0.2, 0.25) is 0 Å². The molecule has 0 aliphatic carbocycles. The zero-order valence-electron chi connectivity index (χ0n) is 7.30. The molecular weight excluding hydrogens is 231 g/mol. The number of nitrogens with two attached hydrogens (primary N) is 1. The SMILES string of the molecule is Cl.Nc1n[nH]c2ccc(C(F)(F)F)cc12. The van der Waals surface area contributed by atoms with Crippen molar-refractivity contribution in [2.45, 2.75) is 6.18 Å². The number of fused-ring (bicyclic) bond motifs is 1. The van der Waals surface area contributed by atoms with Gasteiger partial charge in [0.15, 0.2) is 5.82 Å². The fraction of sp³-hybridized carbons (Fsp3) is 0.125. The van der Waals surface area contributed by atoms with Gasteiger partial charge >= 0.3 is 6.18 Å². The van der Waals surface area contributed by atoms with Gasteiger partial charge in [-0.3, -0.25) is 5.10 Å². The zero-order valence-corrected chi connectivity index (χ0v) is 8.12. The number of aromatic nitrogens is 2. The van der Waals surface area contributed by atoms with Crippen molar-refractivity contribution in [1.82, 2.24) is 10.2 Å². The number of aromatic amines is 1. The van der Waals surface area contributed by atoms with E-state index in [4.69, 9.17) is 5.73 Å². The molecule has 7 heteroatoms. The number of H-pyrrole nitrogens is 1. The molecule has 0 fully saturated rings. The quantitative estimate of drug-likeness (QED) is 0.740. The van der Waals surface area contributed by atoms with Gasteiger partial charge in [0.05, 0.1) is 11.1 Å². The summed E-state index contributed by atoms with van der Waals surface area (Å²) in [5.74, 6) is 0.0751. The molecule has 15 heavy (non-hydrogen) atoms. The number of nitrogens with one attached hydrogen (secondary N) is 1. The van der Waals surface area contributed by atoms with Crippen LogP contribution in [0.4, 0.5) is 19.0 Å². The number of rotatable bonds is 0. The Balaban J connectivity index is 0.00000112. The predicted molar refractivity (Wildman–Crippen MR) is 52.8 cm³/mol.